The molecule has 0 fully saturated rings. The van der Waals surface area contributed by atoms with Crippen LogP contribution in [-0.2, 0) is 16.0 Å². The van der Waals surface area contributed by atoms with Crippen LogP contribution in [0.25, 0.3) is 10.8 Å². The lowest BCUT2D eigenvalue weighted by Gasteiger charge is -2.23. The maximum absolute atomic E-state index is 12.5. The zero-order chi connectivity index (χ0) is 19.8. The fraction of sp³-hybridized carbons (Fsp3) is 0.200. The summed E-state index contributed by atoms with van der Waals surface area (Å²) in [5, 5.41) is 19.9. The Balaban J connectivity index is 2.21. The standard InChI is InChI=1S/C20H19N3O4/c1-2-22(14-21)20(27)23(18(24)9-10-19(25)26)12-11-15-7-8-16-5-3-4-6-17(16)13-15/h3-10,13H,2,11-12H2,1H3,(H,25,26)/b10-9+. The van der Waals surface area contributed by atoms with Crippen molar-refractivity contribution in [2.45, 2.75) is 13.3 Å². The Kier molecular flexibility index (Phi) is 6.67. The van der Waals surface area contributed by atoms with E-state index in [0.717, 1.165) is 32.2 Å². The number of aliphatic carboxylic acids is 1. The zero-order valence-electron chi connectivity index (χ0n) is 14.8. The third-order valence-electron chi connectivity index (χ3n) is 3.97. The molecule has 2 aromatic rings. The molecule has 7 nitrogen and oxygen atoms in total. The van der Waals surface area contributed by atoms with Crippen LogP contribution < -0.4 is 0 Å². The molecule has 0 saturated heterocycles. The van der Waals surface area contributed by atoms with Gasteiger partial charge in [0.25, 0.3) is 5.91 Å². The van der Waals surface area contributed by atoms with Crippen molar-refractivity contribution in [3.8, 4) is 6.19 Å². The number of urea groups is 1. The lowest BCUT2D eigenvalue weighted by Crippen LogP contribution is -2.44. The Morgan fingerprint density at radius 2 is 1.81 bits per heavy atom. The number of carbonyl (C=O) groups excluding carboxylic acids is 2. The number of carbonyl (C=O) groups is 3. The average Bonchev–Trinajstić information content (AvgIpc) is 2.67. The summed E-state index contributed by atoms with van der Waals surface area (Å²) in [5.41, 5.74) is 0.918. The summed E-state index contributed by atoms with van der Waals surface area (Å²) in [7, 11) is 0. The van der Waals surface area contributed by atoms with Gasteiger partial charge in [0.15, 0.2) is 6.19 Å². The Morgan fingerprint density at radius 1 is 1.11 bits per heavy atom. The molecular weight excluding hydrogens is 346 g/mol. The second kappa shape index (κ2) is 9.15. The largest absolute Gasteiger partial charge is 0.478 e. The second-order valence-electron chi connectivity index (χ2n) is 5.72. The smallest absolute Gasteiger partial charge is 0.340 e. The molecule has 0 heterocycles. The average molecular weight is 365 g/mol. The molecule has 0 aliphatic carbocycles. The lowest BCUT2D eigenvalue weighted by atomic mass is 10.0. The fourth-order valence-corrected chi connectivity index (χ4v) is 2.56. The van der Waals surface area contributed by atoms with Gasteiger partial charge in [0, 0.05) is 25.2 Å². The van der Waals surface area contributed by atoms with E-state index < -0.39 is 17.9 Å². The van der Waals surface area contributed by atoms with E-state index >= 15 is 0 Å². The molecule has 0 aliphatic heterocycles. The van der Waals surface area contributed by atoms with Gasteiger partial charge < -0.3 is 5.11 Å². The van der Waals surface area contributed by atoms with Crippen molar-refractivity contribution in [1.29, 1.82) is 5.26 Å². The summed E-state index contributed by atoms with van der Waals surface area (Å²) < 4.78 is 0. The first-order chi connectivity index (χ1) is 13.0. The highest BCUT2D eigenvalue weighted by molar-refractivity contribution is 6.03. The molecule has 0 saturated carbocycles. The van der Waals surface area contributed by atoms with Gasteiger partial charge in [0.1, 0.15) is 0 Å². The number of rotatable bonds is 6. The van der Waals surface area contributed by atoms with Crippen LogP contribution >= 0.6 is 0 Å². The Morgan fingerprint density at radius 3 is 2.44 bits per heavy atom. The van der Waals surface area contributed by atoms with Crippen molar-refractivity contribution >= 4 is 28.7 Å². The van der Waals surface area contributed by atoms with Gasteiger partial charge in [-0.25, -0.2) is 14.5 Å². The number of amides is 3. The van der Waals surface area contributed by atoms with Gasteiger partial charge in [0.05, 0.1) is 0 Å². The topological polar surface area (TPSA) is 102 Å². The highest BCUT2D eigenvalue weighted by atomic mass is 16.4. The molecule has 0 atom stereocenters. The fourth-order valence-electron chi connectivity index (χ4n) is 2.56. The van der Waals surface area contributed by atoms with E-state index in [0.29, 0.717) is 12.5 Å². The number of carboxylic acid groups (broad SMARTS) is 1. The van der Waals surface area contributed by atoms with Crippen molar-refractivity contribution in [1.82, 2.24) is 9.80 Å². The second-order valence-corrected chi connectivity index (χ2v) is 5.72. The van der Waals surface area contributed by atoms with Crippen molar-refractivity contribution in [2.24, 2.45) is 0 Å². The summed E-state index contributed by atoms with van der Waals surface area (Å²) in [6.45, 7) is 1.75. The van der Waals surface area contributed by atoms with E-state index in [9.17, 15) is 14.4 Å². The van der Waals surface area contributed by atoms with Gasteiger partial charge in [0.2, 0.25) is 0 Å². The SMILES string of the molecule is CCN(C#N)C(=O)N(CCc1ccc2ccccc2c1)C(=O)/C=C/C(=O)O. The number of nitriles is 1. The molecule has 1 N–H and O–H groups in total. The minimum Gasteiger partial charge on any atom is -0.478 e. The number of benzene rings is 2. The summed E-state index contributed by atoms with van der Waals surface area (Å²) in [4.78, 5) is 37.1. The molecule has 0 spiro atoms. The monoisotopic (exact) mass is 365 g/mol. The van der Waals surface area contributed by atoms with Crippen LogP contribution in [0.4, 0.5) is 4.79 Å². The molecule has 0 aromatic heterocycles. The summed E-state index contributed by atoms with van der Waals surface area (Å²) in [5.74, 6) is -2.07. The molecule has 27 heavy (non-hydrogen) atoms. The number of hydrogen-bond acceptors (Lipinski definition) is 4. The molecule has 7 heteroatoms. The third-order valence-corrected chi connectivity index (χ3v) is 3.97. The number of nitrogens with zero attached hydrogens (tertiary/aromatic N) is 3. The Labute approximate surface area is 156 Å². The summed E-state index contributed by atoms with van der Waals surface area (Å²) >= 11 is 0. The van der Waals surface area contributed by atoms with Crippen LogP contribution in [0.15, 0.2) is 54.6 Å². The van der Waals surface area contributed by atoms with Crippen molar-refractivity contribution in [3.63, 3.8) is 0 Å². The van der Waals surface area contributed by atoms with E-state index in [1.54, 1.807) is 13.1 Å². The van der Waals surface area contributed by atoms with E-state index in [2.05, 4.69) is 0 Å². The number of fused-ring (bicyclic) bond motifs is 1. The molecule has 0 bridgehead atoms. The minimum atomic E-state index is -1.29. The first-order valence-electron chi connectivity index (χ1n) is 8.37. The Hall–Kier alpha value is -3.66. The molecule has 0 unspecified atom stereocenters. The highest BCUT2D eigenvalue weighted by Gasteiger charge is 2.24. The van der Waals surface area contributed by atoms with Crippen molar-refractivity contribution in [3.05, 3.63) is 60.2 Å². The molecule has 3 amide bonds. The van der Waals surface area contributed by atoms with Gasteiger partial charge in [-0.15, -0.1) is 0 Å². The van der Waals surface area contributed by atoms with Gasteiger partial charge in [-0.1, -0.05) is 42.5 Å². The normalized spacial score (nSPS) is 10.5. The number of carboxylic acids is 1. The van der Waals surface area contributed by atoms with Crippen LogP contribution in [0.1, 0.15) is 12.5 Å². The minimum absolute atomic E-state index is 0.0259. The van der Waals surface area contributed by atoms with E-state index in [4.69, 9.17) is 10.4 Å². The summed E-state index contributed by atoms with van der Waals surface area (Å²) in [6, 6.07) is 12.9. The molecule has 0 radical (unpaired) electrons. The van der Waals surface area contributed by atoms with Crippen molar-refractivity contribution < 1.29 is 19.5 Å². The Bertz CT molecular complexity index is 930. The number of imide groups is 1. The van der Waals surface area contributed by atoms with E-state index in [1.807, 2.05) is 42.5 Å². The van der Waals surface area contributed by atoms with E-state index in [-0.39, 0.29) is 13.1 Å². The van der Waals surface area contributed by atoms with Gasteiger partial charge in [-0.2, -0.15) is 5.26 Å². The molecule has 2 rings (SSSR count). The molecule has 138 valence electrons. The molecule has 0 aliphatic rings. The van der Waals surface area contributed by atoms with Crippen LogP contribution in [0.3, 0.4) is 0 Å². The van der Waals surface area contributed by atoms with Crippen LogP contribution in [0.5, 0.6) is 0 Å². The van der Waals surface area contributed by atoms with Gasteiger partial charge in [-0.3, -0.25) is 9.69 Å². The highest BCUT2D eigenvalue weighted by Crippen LogP contribution is 2.16. The van der Waals surface area contributed by atoms with Gasteiger partial charge in [-0.05, 0) is 29.7 Å². The first-order valence-corrected chi connectivity index (χ1v) is 8.37. The quantitative estimate of drug-likeness (QED) is 0.482. The predicted octanol–water partition coefficient (Wildman–Crippen LogP) is 2.77. The van der Waals surface area contributed by atoms with E-state index in [1.165, 1.54) is 0 Å². The maximum Gasteiger partial charge on any atom is 0.340 e. The lowest BCUT2D eigenvalue weighted by molar-refractivity contribution is -0.132. The summed E-state index contributed by atoms with van der Waals surface area (Å²) in [6.07, 6.45) is 3.58. The van der Waals surface area contributed by atoms with Crippen molar-refractivity contribution in [2.75, 3.05) is 13.1 Å². The van der Waals surface area contributed by atoms with Gasteiger partial charge >= 0.3 is 12.0 Å². The van der Waals surface area contributed by atoms with Crippen LogP contribution in [-0.4, -0.2) is 45.9 Å². The maximum atomic E-state index is 12.5. The van der Waals surface area contributed by atoms with Crippen LogP contribution in [0, 0.1) is 11.5 Å². The molecular formula is C20H19N3O4. The number of hydrogen-bond donors (Lipinski definition) is 1. The zero-order valence-corrected chi connectivity index (χ0v) is 14.8. The van der Waals surface area contributed by atoms with Crippen LogP contribution in [0.2, 0.25) is 0 Å². The molecule has 2 aromatic carbocycles. The predicted molar refractivity (Wildman–Crippen MR) is 99.5 cm³/mol. The third kappa shape index (κ3) is 5.16. The first kappa shape index (κ1) is 19.7.